The quantitative estimate of drug-likeness (QED) is 0.858. The molecule has 1 aliphatic rings. The first-order valence-corrected chi connectivity index (χ1v) is 6.82. The van der Waals surface area contributed by atoms with Crippen LogP contribution in [0.4, 0.5) is 5.82 Å². The second-order valence-corrected chi connectivity index (χ2v) is 5.09. The van der Waals surface area contributed by atoms with Crippen molar-refractivity contribution in [3.63, 3.8) is 0 Å². The van der Waals surface area contributed by atoms with E-state index < -0.39 is 0 Å². The van der Waals surface area contributed by atoms with Crippen molar-refractivity contribution in [2.24, 2.45) is 0 Å². The lowest BCUT2D eigenvalue weighted by molar-refractivity contribution is 0.254. The second-order valence-electron chi connectivity index (χ2n) is 5.09. The van der Waals surface area contributed by atoms with Crippen LogP contribution < -0.4 is 5.32 Å². The molecule has 1 fully saturated rings. The topological polar surface area (TPSA) is 71.2 Å². The van der Waals surface area contributed by atoms with Gasteiger partial charge in [0.1, 0.15) is 5.82 Å². The highest BCUT2D eigenvalue weighted by atomic mass is 15.6. The minimum atomic E-state index is 0.661. The van der Waals surface area contributed by atoms with Gasteiger partial charge in [0.15, 0.2) is 5.65 Å². The van der Waals surface area contributed by atoms with Gasteiger partial charge in [0.2, 0.25) is 0 Å². The molecule has 1 N–H and O–H groups in total. The van der Waals surface area contributed by atoms with Gasteiger partial charge in [-0.1, -0.05) is 12.8 Å². The first kappa shape index (κ1) is 12.3. The standard InChI is InChI=1S/C12H19N7/c1-18(10-4-2-3-5-10)9-8-13-11-6-7-12-14-16-17-19(12)15-11/h6-7,10H,2-5,8-9H2,1H3,(H,13,15). The number of likely N-dealkylation sites (N-methyl/N-ethyl adjacent to an activating group) is 1. The van der Waals surface area contributed by atoms with Crippen molar-refractivity contribution in [3.8, 4) is 0 Å². The molecule has 2 aromatic heterocycles. The van der Waals surface area contributed by atoms with Crippen molar-refractivity contribution >= 4 is 11.5 Å². The molecule has 0 unspecified atom stereocenters. The first-order valence-electron chi connectivity index (χ1n) is 6.82. The monoisotopic (exact) mass is 261 g/mol. The molecule has 0 amide bonds. The molecule has 0 aliphatic heterocycles. The largest absolute Gasteiger partial charge is 0.367 e. The summed E-state index contributed by atoms with van der Waals surface area (Å²) in [5.41, 5.74) is 0.661. The summed E-state index contributed by atoms with van der Waals surface area (Å²) in [5, 5.41) is 18.8. The molecular weight excluding hydrogens is 242 g/mol. The van der Waals surface area contributed by atoms with Crippen LogP contribution in [-0.2, 0) is 0 Å². The van der Waals surface area contributed by atoms with Crippen molar-refractivity contribution in [3.05, 3.63) is 12.1 Å². The van der Waals surface area contributed by atoms with Gasteiger partial charge in [-0.25, -0.2) is 0 Å². The molecule has 3 rings (SSSR count). The van der Waals surface area contributed by atoms with Gasteiger partial charge in [0.25, 0.3) is 0 Å². The van der Waals surface area contributed by atoms with Crippen LogP contribution in [-0.4, -0.2) is 56.3 Å². The van der Waals surface area contributed by atoms with Crippen molar-refractivity contribution in [2.45, 2.75) is 31.7 Å². The Morgan fingerprint density at radius 1 is 1.37 bits per heavy atom. The molecule has 2 heterocycles. The Morgan fingerprint density at radius 3 is 3.05 bits per heavy atom. The molecule has 0 bridgehead atoms. The summed E-state index contributed by atoms with van der Waals surface area (Å²) in [6, 6.07) is 4.52. The zero-order chi connectivity index (χ0) is 13.1. The van der Waals surface area contributed by atoms with Crippen LogP contribution in [0.15, 0.2) is 12.1 Å². The molecule has 0 spiro atoms. The summed E-state index contributed by atoms with van der Waals surface area (Å²) in [5.74, 6) is 0.805. The van der Waals surface area contributed by atoms with E-state index in [0.717, 1.165) is 24.9 Å². The Labute approximate surface area is 112 Å². The molecule has 19 heavy (non-hydrogen) atoms. The number of rotatable bonds is 5. The van der Waals surface area contributed by atoms with Crippen molar-refractivity contribution in [2.75, 3.05) is 25.5 Å². The first-order chi connectivity index (χ1) is 9.33. The van der Waals surface area contributed by atoms with Gasteiger partial charge in [-0.15, -0.1) is 14.8 Å². The van der Waals surface area contributed by atoms with Crippen LogP contribution >= 0.6 is 0 Å². The predicted octanol–water partition coefficient (Wildman–Crippen LogP) is 0.806. The van der Waals surface area contributed by atoms with Gasteiger partial charge >= 0.3 is 0 Å². The molecule has 0 atom stereocenters. The molecule has 2 aromatic rings. The number of aromatic nitrogens is 5. The molecule has 0 aromatic carbocycles. The van der Waals surface area contributed by atoms with Gasteiger partial charge in [-0.05, 0) is 42.4 Å². The summed E-state index contributed by atoms with van der Waals surface area (Å²) in [7, 11) is 2.20. The molecule has 7 nitrogen and oxygen atoms in total. The van der Waals surface area contributed by atoms with Gasteiger partial charge in [0.05, 0.1) is 0 Å². The predicted molar refractivity (Wildman–Crippen MR) is 72.0 cm³/mol. The number of anilines is 1. The fraction of sp³-hybridized carbons (Fsp3) is 0.667. The molecular formula is C12H19N7. The third-order valence-electron chi connectivity index (χ3n) is 3.79. The van der Waals surface area contributed by atoms with Crippen molar-refractivity contribution < 1.29 is 0 Å². The molecule has 0 saturated heterocycles. The number of fused-ring (bicyclic) bond motifs is 1. The van der Waals surface area contributed by atoms with E-state index in [-0.39, 0.29) is 0 Å². The highest BCUT2D eigenvalue weighted by molar-refractivity contribution is 5.41. The fourth-order valence-corrected chi connectivity index (χ4v) is 2.63. The summed E-state index contributed by atoms with van der Waals surface area (Å²) in [4.78, 5) is 2.44. The van der Waals surface area contributed by atoms with E-state index in [0.29, 0.717) is 5.65 Å². The minimum absolute atomic E-state index is 0.661. The highest BCUT2D eigenvalue weighted by Gasteiger charge is 2.18. The molecule has 102 valence electrons. The maximum atomic E-state index is 4.28. The SMILES string of the molecule is CN(CCNc1ccc2nnnn2n1)C1CCCC1. The summed E-state index contributed by atoms with van der Waals surface area (Å²) >= 11 is 0. The lowest BCUT2D eigenvalue weighted by atomic mass is 10.2. The van der Waals surface area contributed by atoms with E-state index in [1.165, 1.54) is 30.3 Å². The average Bonchev–Trinajstić information content (AvgIpc) is 3.09. The average molecular weight is 261 g/mol. The maximum absolute atomic E-state index is 4.28. The Kier molecular flexibility index (Phi) is 3.54. The Bertz CT molecular complexity index is 532. The van der Waals surface area contributed by atoms with E-state index in [1.807, 2.05) is 12.1 Å². The lowest BCUT2D eigenvalue weighted by Gasteiger charge is -2.23. The number of hydrogen-bond donors (Lipinski definition) is 1. The van der Waals surface area contributed by atoms with Crippen molar-refractivity contribution in [1.29, 1.82) is 0 Å². The second kappa shape index (κ2) is 5.48. The molecule has 1 saturated carbocycles. The zero-order valence-electron chi connectivity index (χ0n) is 11.2. The van der Waals surface area contributed by atoms with Crippen LogP contribution in [0.25, 0.3) is 5.65 Å². The summed E-state index contributed by atoms with van der Waals surface area (Å²) in [6.45, 7) is 1.91. The van der Waals surface area contributed by atoms with Crippen molar-refractivity contribution in [1.82, 2.24) is 30.2 Å². The Balaban J connectivity index is 1.51. The Morgan fingerprint density at radius 2 is 2.21 bits per heavy atom. The number of tetrazole rings is 1. The number of hydrogen-bond acceptors (Lipinski definition) is 6. The van der Waals surface area contributed by atoms with Crippen LogP contribution in [0.3, 0.4) is 0 Å². The van der Waals surface area contributed by atoms with E-state index in [1.54, 1.807) is 0 Å². The molecule has 7 heteroatoms. The fourth-order valence-electron chi connectivity index (χ4n) is 2.63. The highest BCUT2D eigenvalue weighted by Crippen LogP contribution is 2.21. The molecule has 1 aliphatic carbocycles. The van der Waals surface area contributed by atoms with Gasteiger partial charge in [-0.3, -0.25) is 0 Å². The lowest BCUT2D eigenvalue weighted by Crippen LogP contribution is -2.33. The van der Waals surface area contributed by atoms with Gasteiger partial charge in [0, 0.05) is 19.1 Å². The number of nitrogens with zero attached hydrogens (tertiary/aromatic N) is 6. The third-order valence-corrected chi connectivity index (χ3v) is 3.79. The normalized spacial score (nSPS) is 16.5. The zero-order valence-corrected chi connectivity index (χ0v) is 11.2. The summed E-state index contributed by atoms with van der Waals surface area (Å²) in [6.07, 6.45) is 5.43. The van der Waals surface area contributed by atoms with E-state index in [2.05, 4.69) is 37.9 Å². The van der Waals surface area contributed by atoms with Crippen LogP contribution in [0.2, 0.25) is 0 Å². The maximum Gasteiger partial charge on any atom is 0.200 e. The minimum Gasteiger partial charge on any atom is -0.367 e. The van der Waals surface area contributed by atoms with Gasteiger partial charge < -0.3 is 10.2 Å². The number of nitrogens with one attached hydrogen (secondary N) is 1. The van der Waals surface area contributed by atoms with E-state index in [4.69, 9.17) is 0 Å². The van der Waals surface area contributed by atoms with Crippen LogP contribution in [0.5, 0.6) is 0 Å². The van der Waals surface area contributed by atoms with Crippen LogP contribution in [0.1, 0.15) is 25.7 Å². The van der Waals surface area contributed by atoms with Crippen LogP contribution in [0, 0.1) is 0 Å². The smallest absolute Gasteiger partial charge is 0.200 e. The Hall–Kier alpha value is -1.76. The summed E-state index contributed by atoms with van der Waals surface area (Å²) < 4.78 is 1.43. The van der Waals surface area contributed by atoms with E-state index >= 15 is 0 Å². The molecule has 0 radical (unpaired) electrons. The van der Waals surface area contributed by atoms with E-state index in [9.17, 15) is 0 Å². The third kappa shape index (κ3) is 2.81. The van der Waals surface area contributed by atoms with Gasteiger partial charge in [-0.2, -0.15) is 0 Å².